The summed E-state index contributed by atoms with van der Waals surface area (Å²) in [7, 11) is 5.51. The third kappa shape index (κ3) is 4.93. The largest absolute Gasteiger partial charge is 0.478 e. The minimum Gasteiger partial charge on any atom is -0.478 e. The Bertz CT molecular complexity index is 501. The summed E-state index contributed by atoms with van der Waals surface area (Å²) in [6.07, 6.45) is -3.77. The van der Waals surface area contributed by atoms with Crippen LogP contribution in [-0.4, -0.2) is 50.2 Å². The van der Waals surface area contributed by atoms with Gasteiger partial charge in [-0.15, -0.1) is 0 Å². The number of hydrogen-bond donors (Lipinski definition) is 1. The van der Waals surface area contributed by atoms with Crippen molar-refractivity contribution in [3.63, 3.8) is 0 Å². The summed E-state index contributed by atoms with van der Waals surface area (Å²) in [6, 6.07) is 2.80. The van der Waals surface area contributed by atoms with E-state index in [1.165, 1.54) is 6.07 Å². The second kappa shape index (κ2) is 6.80. The van der Waals surface area contributed by atoms with Gasteiger partial charge in [-0.05, 0) is 45.3 Å². The van der Waals surface area contributed by atoms with Crippen LogP contribution in [0, 0.1) is 0 Å². The van der Waals surface area contributed by atoms with Gasteiger partial charge >= 0.3 is 12.1 Å². The van der Waals surface area contributed by atoms with Gasteiger partial charge in [0.15, 0.2) is 0 Å². The molecule has 1 rings (SSSR count). The summed E-state index contributed by atoms with van der Waals surface area (Å²) in [5.41, 5.74) is -1.00. The lowest BCUT2D eigenvalue weighted by Crippen LogP contribution is -2.25. The highest BCUT2D eigenvalue weighted by Gasteiger charge is 2.32. The molecule has 0 aromatic heterocycles. The van der Waals surface area contributed by atoms with E-state index in [-0.39, 0.29) is 11.3 Å². The fraction of sp³-hybridized carbons (Fsp3) is 0.500. The summed E-state index contributed by atoms with van der Waals surface area (Å²) >= 11 is 0. The molecular weight excluding hydrogens is 285 g/mol. The minimum atomic E-state index is -4.55. The number of carboxylic acid groups (broad SMARTS) is 1. The first-order valence-corrected chi connectivity index (χ1v) is 6.43. The van der Waals surface area contributed by atoms with Crippen molar-refractivity contribution in [3.8, 4) is 0 Å². The number of halogens is 3. The second-order valence-electron chi connectivity index (χ2n) is 5.11. The molecule has 0 aliphatic heterocycles. The van der Waals surface area contributed by atoms with E-state index in [2.05, 4.69) is 0 Å². The molecule has 0 saturated carbocycles. The zero-order valence-corrected chi connectivity index (χ0v) is 12.2. The van der Waals surface area contributed by atoms with Crippen molar-refractivity contribution < 1.29 is 23.1 Å². The Labute approximate surface area is 121 Å². The summed E-state index contributed by atoms with van der Waals surface area (Å²) in [6.45, 7) is 1.37. The summed E-state index contributed by atoms with van der Waals surface area (Å²) in [4.78, 5) is 14.8. The maximum absolute atomic E-state index is 12.6. The summed E-state index contributed by atoms with van der Waals surface area (Å²) in [5.74, 6) is -1.37. The molecular formula is C14H19F3N2O2. The van der Waals surface area contributed by atoms with Crippen molar-refractivity contribution >= 4 is 11.7 Å². The lowest BCUT2D eigenvalue weighted by Gasteiger charge is -2.23. The van der Waals surface area contributed by atoms with Crippen LogP contribution < -0.4 is 4.90 Å². The normalized spacial score (nSPS) is 11.8. The molecule has 21 heavy (non-hydrogen) atoms. The molecule has 1 N–H and O–H groups in total. The molecule has 0 spiro atoms. The summed E-state index contributed by atoms with van der Waals surface area (Å²) < 4.78 is 37.9. The van der Waals surface area contributed by atoms with Crippen LogP contribution in [0.15, 0.2) is 18.2 Å². The molecule has 0 unspecified atom stereocenters. The van der Waals surface area contributed by atoms with Gasteiger partial charge in [-0.1, -0.05) is 0 Å². The molecule has 1 aromatic rings. The van der Waals surface area contributed by atoms with Gasteiger partial charge in [0, 0.05) is 13.6 Å². The van der Waals surface area contributed by atoms with Crippen molar-refractivity contribution in [1.82, 2.24) is 4.90 Å². The van der Waals surface area contributed by atoms with E-state index in [9.17, 15) is 18.0 Å². The number of carbonyl (C=O) groups is 1. The van der Waals surface area contributed by atoms with Crippen LogP contribution >= 0.6 is 0 Å². The smallest absolute Gasteiger partial charge is 0.416 e. The zero-order valence-electron chi connectivity index (χ0n) is 12.2. The third-order valence-corrected chi connectivity index (χ3v) is 3.06. The Balaban J connectivity index is 2.98. The molecule has 0 aliphatic rings. The molecule has 4 nitrogen and oxygen atoms in total. The highest BCUT2D eigenvalue weighted by molar-refractivity contribution is 5.94. The average molecular weight is 304 g/mol. The van der Waals surface area contributed by atoms with Crippen molar-refractivity contribution in [2.75, 3.05) is 39.1 Å². The molecule has 118 valence electrons. The van der Waals surface area contributed by atoms with E-state index in [1.54, 1.807) is 11.9 Å². The van der Waals surface area contributed by atoms with Crippen LogP contribution in [0.5, 0.6) is 0 Å². The van der Waals surface area contributed by atoms with Gasteiger partial charge < -0.3 is 14.9 Å². The quantitative estimate of drug-likeness (QED) is 0.877. The van der Waals surface area contributed by atoms with Gasteiger partial charge in [0.05, 0.1) is 16.8 Å². The van der Waals surface area contributed by atoms with Gasteiger partial charge in [-0.25, -0.2) is 4.79 Å². The first-order valence-electron chi connectivity index (χ1n) is 6.43. The van der Waals surface area contributed by atoms with Crippen molar-refractivity contribution in [3.05, 3.63) is 29.3 Å². The van der Waals surface area contributed by atoms with Gasteiger partial charge in [0.2, 0.25) is 0 Å². The number of nitrogens with zero attached hydrogens (tertiary/aromatic N) is 2. The standard InChI is InChI=1S/C14H19F3N2O2/c1-18(2)7-4-8-19(3)12-6-5-10(14(15,16)17)9-11(12)13(20)21/h5-6,9H,4,7-8H2,1-3H3,(H,20,21). The number of hydrogen-bond acceptors (Lipinski definition) is 3. The van der Waals surface area contributed by atoms with Crippen LogP contribution in [0.1, 0.15) is 22.3 Å². The van der Waals surface area contributed by atoms with Crippen LogP contribution in [0.4, 0.5) is 18.9 Å². The Kier molecular flexibility index (Phi) is 5.60. The molecule has 0 heterocycles. The number of alkyl halides is 3. The SMILES string of the molecule is CN(C)CCCN(C)c1ccc(C(F)(F)F)cc1C(=O)O. The molecule has 0 saturated heterocycles. The van der Waals surface area contributed by atoms with E-state index in [4.69, 9.17) is 5.11 Å². The predicted octanol–water partition coefficient (Wildman–Crippen LogP) is 2.79. The van der Waals surface area contributed by atoms with Crippen LogP contribution in [-0.2, 0) is 6.18 Å². The van der Waals surface area contributed by atoms with Gasteiger partial charge in [-0.3, -0.25) is 0 Å². The Hall–Kier alpha value is -1.76. The Morgan fingerprint density at radius 3 is 2.29 bits per heavy atom. The lowest BCUT2D eigenvalue weighted by atomic mass is 10.1. The van der Waals surface area contributed by atoms with E-state index in [1.807, 2.05) is 19.0 Å². The third-order valence-electron chi connectivity index (χ3n) is 3.06. The number of benzene rings is 1. The molecule has 0 radical (unpaired) electrons. The molecule has 0 fully saturated rings. The highest BCUT2D eigenvalue weighted by Crippen LogP contribution is 2.32. The Morgan fingerprint density at radius 2 is 1.81 bits per heavy atom. The van der Waals surface area contributed by atoms with Crippen molar-refractivity contribution in [2.45, 2.75) is 12.6 Å². The van der Waals surface area contributed by atoms with Crippen LogP contribution in [0.3, 0.4) is 0 Å². The van der Waals surface area contributed by atoms with Crippen molar-refractivity contribution in [2.24, 2.45) is 0 Å². The van der Waals surface area contributed by atoms with Crippen molar-refractivity contribution in [1.29, 1.82) is 0 Å². The maximum Gasteiger partial charge on any atom is 0.416 e. The highest BCUT2D eigenvalue weighted by atomic mass is 19.4. The molecule has 7 heteroatoms. The number of rotatable bonds is 6. The van der Waals surface area contributed by atoms with E-state index >= 15 is 0 Å². The fourth-order valence-electron chi connectivity index (χ4n) is 1.96. The predicted molar refractivity (Wildman–Crippen MR) is 74.8 cm³/mol. The molecule has 0 amide bonds. The molecule has 0 atom stereocenters. The molecule has 0 aliphatic carbocycles. The fourth-order valence-corrected chi connectivity index (χ4v) is 1.96. The summed E-state index contributed by atoms with van der Waals surface area (Å²) in [5, 5.41) is 9.12. The monoisotopic (exact) mass is 304 g/mol. The first kappa shape index (κ1) is 17.3. The second-order valence-corrected chi connectivity index (χ2v) is 5.11. The molecule has 1 aromatic carbocycles. The first-order chi connectivity index (χ1) is 9.62. The minimum absolute atomic E-state index is 0.286. The van der Waals surface area contributed by atoms with E-state index in [0.717, 1.165) is 19.0 Å². The zero-order chi connectivity index (χ0) is 16.2. The molecule has 0 bridgehead atoms. The van der Waals surface area contributed by atoms with E-state index < -0.39 is 17.7 Å². The van der Waals surface area contributed by atoms with Crippen LogP contribution in [0.25, 0.3) is 0 Å². The number of carboxylic acids is 1. The average Bonchev–Trinajstić information content (AvgIpc) is 2.36. The van der Waals surface area contributed by atoms with Gasteiger partial charge in [-0.2, -0.15) is 13.2 Å². The number of aromatic carboxylic acids is 1. The topological polar surface area (TPSA) is 43.8 Å². The van der Waals surface area contributed by atoms with Gasteiger partial charge in [0.25, 0.3) is 0 Å². The lowest BCUT2D eigenvalue weighted by molar-refractivity contribution is -0.137. The van der Waals surface area contributed by atoms with Crippen LogP contribution in [0.2, 0.25) is 0 Å². The Morgan fingerprint density at radius 1 is 1.19 bits per heavy atom. The van der Waals surface area contributed by atoms with E-state index in [0.29, 0.717) is 12.6 Å². The van der Waals surface area contributed by atoms with Gasteiger partial charge in [0.1, 0.15) is 0 Å². The maximum atomic E-state index is 12.6. The number of anilines is 1.